The number of anilines is 3. The number of urea groups is 1. The second-order valence-corrected chi connectivity index (χ2v) is 8.75. The average Bonchev–Trinajstić information content (AvgIpc) is 3.27. The average molecular weight is 453 g/mol. The van der Waals surface area contributed by atoms with Crippen molar-refractivity contribution < 1.29 is 14.1 Å². The Hall–Kier alpha value is -3.89. The Morgan fingerprint density at radius 2 is 1.97 bits per heavy atom. The van der Waals surface area contributed by atoms with Gasteiger partial charge in [0.25, 0.3) is 0 Å². The summed E-state index contributed by atoms with van der Waals surface area (Å²) in [4.78, 5) is 29.0. The zero-order valence-electron chi connectivity index (χ0n) is 19.0. The minimum absolute atomic E-state index is 0.152. The molecule has 33 heavy (non-hydrogen) atoms. The Morgan fingerprint density at radius 3 is 2.67 bits per heavy atom. The first-order valence-electron chi connectivity index (χ1n) is 10.7. The fourth-order valence-corrected chi connectivity index (χ4v) is 3.37. The molecule has 1 aliphatic rings. The number of rotatable bonds is 5. The van der Waals surface area contributed by atoms with Gasteiger partial charge in [0.05, 0.1) is 11.4 Å². The molecule has 0 atom stereocenters. The number of carbonyl (C=O) groups is 1. The van der Waals surface area contributed by atoms with E-state index in [0.29, 0.717) is 43.5 Å². The summed E-state index contributed by atoms with van der Waals surface area (Å²) >= 11 is 0. The molecular formula is C22H28N8O3. The summed E-state index contributed by atoms with van der Waals surface area (Å²) in [5.74, 6) is 1.92. The lowest BCUT2D eigenvalue weighted by molar-refractivity contribution is 0.207. The van der Waals surface area contributed by atoms with Crippen LogP contribution in [0.1, 0.15) is 32.2 Å². The molecule has 0 bridgehead atoms. The minimum atomic E-state index is -0.217. The van der Waals surface area contributed by atoms with E-state index in [4.69, 9.17) is 15.0 Å². The molecule has 0 radical (unpaired) electrons. The molecule has 0 saturated carbocycles. The third-order valence-electron chi connectivity index (χ3n) is 5.23. The molecule has 1 saturated heterocycles. The van der Waals surface area contributed by atoms with E-state index < -0.39 is 0 Å². The number of nitrogens with two attached hydrogens (primary N) is 1. The lowest BCUT2D eigenvalue weighted by atomic mass is 9.92. The molecule has 0 unspecified atom stereocenters. The number of nitrogen functional groups attached to an aromatic ring is 1. The SMILES string of the molecule is CC(C)(C)c1cc(NC(=O)N2CCN(c3ncccc3OCc3ccnc(N)n3)CC2)on1. The molecule has 4 heterocycles. The highest BCUT2D eigenvalue weighted by atomic mass is 16.5. The van der Waals surface area contributed by atoms with E-state index in [9.17, 15) is 4.79 Å². The van der Waals surface area contributed by atoms with E-state index in [0.717, 1.165) is 11.5 Å². The first kappa shape index (κ1) is 22.3. The molecule has 11 nitrogen and oxygen atoms in total. The molecule has 1 aliphatic heterocycles. The van der Waals surface area contributed by atoms with E-state index in [2.05, 4.69) is 30.3 Å². The highest BCUT2D eigenvalue weighted by Crippen LogP contribution is 2.27. The van der Waals surface area contributed by atoms with Gasteiger partial charge in [-0.2, -0.15) is 0 Å². The van der Waals surface area contributed by atoms with Gasteiger partial charge in [-0.25, -0.2) is 19.7 Å². The van der Waals surface area contributed by atoms with Crippen LogP contribution < -0.4 is 20.7 Å². The van der Waals surface area contributed by atoms with Crippen LogP contribution in [-0.4, -0.2) is 57.2 Å². The quantitative estimate of drug-likeness (QED) is 0.599. The molecule has 1 fully saturated rings. The highest BCUT2D eigenvalue weighted by Gasteiger charge is 2.25. The van der Waals surface area contributed by atoms with Gasteiger partial charge in [0, 0.05) is 50.1 Å². The van der Waals surface area contributed by atoms with Crippen molar-refractivity contribution in [3.8, 4) is 5.75 Å². The zero-order chi connectivity index (χ0) is 23.4. The number of pyridine rings is 1. The minimum Gasteiger partial charge on any atom is -0.483 e. The number of amides is 2. The number of carbonyl (C=O) groups excluding carboxylic acids is 1. The van der Waals surface area contributed by atoms with E-state index in [1.807, 2.05) is 32.9 Å². The van der Waals surface area contributed by atoms with Crippen LogP contribution >= 0.6 is 0 Å². The van der Waals surface area contributed by atoms with Gasteiger partial charge in [0.1, 0.15) is 6.61 Å². The Balaban J connectivity index is 1.34. The van der Waals surface area contributed by atoms with Crippen molar-refractivity contribution >= 4 is 23.7 Å². The summed E-state index contributed by atoms with van der Waals surface area (Å²) in [6.07, 6.45) is 3.32. The lowest BCUT2D eigenvalue weighted by Gasteiger charge is -2.35. The Bertz CT molecular complexity index is 1100. The van der Waals surface area contributed by atoms with Crippen molar-refractivity contribution in [3.63, 3.8) is 0 Å². The van der Waals surface area contributed by atoms with Crippen molar-refractivity contribution in [1.82, 2.24) is 25.0 Å². The second-order valence-electron chi connectivity index (χ2n) is 8.75. The van der Waals surface area contributed by atoms with Gasteiger partial charge in [0.2, 0.25) is 11.8 Å². The first-order valence-corrected chi connectivity index (χ1v) is 10.7. The number of hydrogen-bond acceptors (Lipinski definition) is 9. The molecule has 3 N–H and O–H groups in total. The summed E-state index contributed by atoms with van der Waals surface area (Å²) < 4.78 is 11.2. The van der Waals surface area contributed by atoms with Crippen molar-refractivity contribution in [2.24, 2.45) is 0 Å². The first-order chi connectivity index (χ1) is 15.8. The summed E-state index contributed by atoms with van der Waals surface area (Å²) in [5, 5.41) is 6.83. The van der Waals surface area contributed by atoms with Gasteiger partial charge in [-0.15, -0.1) is 0 Å². The van der Waals surface area contributed by atoms with Crippen molar-refractivity contribution in [1.29, 1.82) is 0 Å². The van der Waals surface area contributed by atoms with Gasteiger partial charge >= 0.3 is 6.03 Å². The summed E-state index contributed by atoms with van der Waals surface area (Å²) in [5.41, 5.74) is 6.95. The molecule has 3 aromatic rings. The Kier molecular flexibility index (Phi) is 6.29. The predicted octanol–water partition coefficient (Wildman–Crippen LogP) is 2.67. The standard InChI is InChI=1S/C22H28N8O3/c1-22(2,3)17-13-18(33-28-17)27-21(31)30-11-9-29(10-12-30)19-16(5-4-7-24-19)32-14-15-6-8-25-20(23)26-15/h4-8,13H,9-12,14H2,1-3H3,(H,27,31)(H2,23,25,26). The van der Waals surface area contributed by atoms with Crippen LogP contribution in [0.4, 0.5) is 22.4 Å². The van der Waals surface area contributed by atoms with E-state index >= 15 is 0 Å². The molecular weight excluding hydrogens is 424 g/mol. The van der Waals surface area contributed by atoms with Crippen LogP contribution in [0, 0.1) is 0 Å². The fourth-order valence-electron chi connectivity index (χ4n) is 3.37. The number of nitrogens with zero attached hydrogens (tertiary/aromatic N) is 6. The van der Waals surface area contributed by atoms with Crippen LogP contribution in [0.3, 0.4) is 0 Å². The summed E-state index contributed by atoms with van der Waals surface area (Å²) in [6.45, 7) is 8.66. The monoisotopic (exact) mass is 452 g/mol. The van der Waals surface area contributed by atoms with Crippen molar-refractivity contribution in [2.75, 3.05) is 42.1 Å². The topological polar surface area (TPSA) is 136 Å². The van der Waals surface area contributed by atoms with Crippen molar-refractivity contribution in [3.05, 3.63) is 48.0 Å². The molecule has 0 aliphatic carbocycles. The van der Waals surface area contributed by atoms with Crippen LogP contribution in [0.25, 0.3) is 0 Å². The highest BCUT2D eigenvalue weighted by molar-refractivity contribution is 5.88. The van der Waals surface area contributed by atoms with E-state index in [1.54, 1.807) is 29.4 Å². The number of piperazine rings is 1. The molecule has 2 amide bonds. The third-order valence-corrected chi connectivity index (χ3v) is 5.23. The molecule has 0 spiro atoms. The maximum absolute atomic E-state index is 12.7. The maximum Gasteiger partial charge on any atom is 0.324 e. The largest absolute Gasteiger partial charge is 0.483 e. The summed E-state index contributed by atoms with van der Waals surface area (Å²) in [6, 6.07) is 6.98. The third kappa shape index (κ3) is 5.48. The van der Waals surface area contributed by atoms with Crippen LogP contribution in [-0.2, 0) is 12.0 Å². The molecule has 3 aromatic heterocycles. The van der Waals surface area contributed by atoms with Gasteiger partial charge in [-0.05, 0) is 18.2 Å². The van der Waals surface area contributed by atoms with Crippen LogP contribution in [0.5, 0.6) is 5.75 Å². The normalized spacial score (nSPS) is 14.3. The van der Waals surface area contributed by atoms with Gasteiger partial charge in [-0.3, -0.25) is 5.32 Å². The van der Waals surface area contributed by atoms with E-state index in [-0.39, 0.29) is 24.0 Å². The van der Waals surface area contributed by atoms with Crippen molar-refractivity contribution in [2.45, 2.75) is 32.8 Å². The zero-order valence-corrected chi connectivity index (χ0v) is 19.0. The number of hydrogen-bond donors (Lipinski definition) is 2. The Labute approximate surface area is 191 Å². The molecule has 0 aromatic carbocycles. The molecule has 11 heteroatoms. The van der Waals surface area contributed by atoms with E-state index in [1.165, 1.54) is 0 Å². The maximum atomic E-state index is 12.7. The van der Waals surface area contributed by atoms with Gasteiger partial charge in [0.15, 0.2) is 11.6 Å². The summed E-state index contributed by atoms with van der Waals surface area (Å²) in [7, 11) is 0. The van der Waals surface area contributed by atoms with Crippen LogP contribution in [0.15, 0.2) is 41.2 Å². The predicted molar refractivity (Wildman–Crippen MR) is 123 cm³/mol. The number of ether oxygens (including phenoxy) is 1. The Morgan fingerprint density at radius 1 is 1.18 bits per heavy atom. The molecule has 4 rings (SSSR count). The van der Waals surface area contributed by atoms with Gasteiger partial charge < -0.3 is 24.8 Å². The lowest BCUT2D eigenvalue weighted by Crippen LogP contribution is -2.50. The second kappa shape index (κ2) is 9.31. The molecule has 174 valence electrons. The number of nitrogens with one attached hydrogen (secondary N) is 1. The number of aromatic nitrogens is 4. The van der Waals surface area contributed by atoms with Crippen LogP contribution in [0.2, 0.25) is 0 Å². The van der Waals surface area contributed by atoms with Gasteiger partial charge in [-0.1, -0.05) is 25.9 Å². The smallest absolute Gasteiger partial charge is 0.324 e. The fraction of sp³-hybridized carbons (Fsp3) is 0.409.